The van der Waals surface area contributed by atoms with Gasteiger partial charge in [-0.3, -0.25) is 4.79 Å². The number of hydrogen-bond acceptors (Lipinski definition) is 2. The minimum absolute atomic E-state index is 0.0577. The molecule has 1 aliphatic heterocycles. The fourth-order valence-electron chi connectivity index (χ4n) is 3.12. The Bertz CT molecular complexity index is 633. The molecular weight excluding hydrogens is 284 g/mol. The molecule has 3 rings (SSSR count). The molecule has 3 heteroatoms. The van der Waals surface area contributed by atoms with Crippen molar-refractivity contribution in [3.63, 3.8) is 0 Å². The van der Waals surface area contributed by atoms with Gasteiger partial charge in [-0.2, -0.15) is 0 Å². The van der Waals surface area contributed by atoms with Gasteiger partial charge in [0.05, 0.1) is 0 Å². The van der Waals surface area contributed by atoms with Crippen molar-refractivity contribution in [2.75, 3.05) is 13.1 Å². The molecule has 120 valence electrons. The average Bonchev–Trinajstić information content (AvgIpc) is 2.62. The Kier molecular flexibility index (Phi) is 5.43. The summed E-state index contributed by atoms with van der Waals surface area (Å²) in [5.74, 6) is 0.0577. The van der Waals surface area contributed by atoms with Crippen molar-refractivity contribution in [3.8, 4) is 0 Å². The summed E-state index contributed by atoms with van der Waals surface area (Å²) in [6.07, 6.45) is 4.03. The van der Waals surface area contributed by atoms with Crippen molar-refractivity contribution in [1.82, 2.24) is 10.6 Å². The van der Waals surface area contributed by atoms with Crippen LogP contribution in [0.5, 0.6) is 0 Å². The molecule has 0 radical (unpaired) electrons. The molecule has 0 aromatic heterocycles. The smallest absolute Gasteiger partial charge is 0.251 e. The molecular formula is C20H24N2O. The van der Waals surface area contributed by atoms with Crippen molar-refractivity contribution < 1.29 is 4.79 Å². The van der Waals surface area contributed by atoms with Crippen LogP contribution in [0.4, 0.5) is 0 Å². The number of rotatable bonds is 5. The molecule has 0 saturated carbocycles. The molecule has 1 saturated heterocycles. The quantitative estimate of drug-likeness (QED) is 0.891. The Hall–Kier alpha value is -2.13. The van der Waals surface area contributed by atoms with Crippen LogP contribution in [0, 0.1) is 0 Å². The molecule has 2 aromatic carbocycles. The van der Waals surface area contributed by atoms with E-state index in [0.29, 0.717) is 0 Å². The lowest BCUT2D eigenvalue weighted by atomic mass is 9.98. The fourth-order valence-corrected chi connectivity index (χ4v) is 3.12. The molecule has 1 atom stereocenters. The lowest BCUT2D eigenvalue weighted by molar-refractivity contribution is 0.0929. The van der Waals surface area contributed by atoms with Crippen molar-refractivity contribution in [2.24, 2.45) is 0 Å². The van der Waals surface area contributed by atoms with Gasteiger partial charge in [0.2, 0.25) is 0 Å². The third-order valence-corrected chi connectivity index (χ3v) is 4.42. The topological polar surface area (TPSA) is 41.1 Å². The molecule has 1 heterocycles. The molecule has 0 spiro atoms. The largest absolute Gasteiger partial charge is 0.348 e. The summed E-state index contributed by atoms with van der Waals surface area (Å²) in [4.78, 5) is 12.6. The van der Waals surface area contributed by atoms with Crippen LogP contribution >= 0.6 is 0 Å². The summed E-state index contributed by atoms with van der Waals surface area (Å²) >= 11 is 0. The van der Waals surface area contributed by atoms with Gasteiger partial charge in [-0.15, -0.1) is 0 Å². The van der Waals surface area contributed by atoms with Gasteiger partial charge in [-0.1, -0.05) is 48.5 Å². The van der Waals surface area contributed by atoms with E-state index in [4.69, 9.17) is 0 Å². The monoisotopic (exact) mass is 308 g/mol. The first-order chi connectivity index (χ1) is 11.3. The van der Waals surface area contributed by atoms with E-state index in [-0.39, 0.29) is 11.9 Å². The van der Waals surface area contributed by atoms with E-state index >= 15 is 0 Å². The van der Waals surface area contributed by atoms with Crippen LogP contribution in [0.1, 0.15) is 34.3 Å². The molecule has 0 aliphatic carbocycles. The Balaban J connectivity index is 1.65. The number of amides is 1. The number of carbonyl (C=O) groups is 1. The number of carbonyl (C=O) groups excluding carboxylic acids is 1. The van der Waals surface area contributed by atoms with Crippen molar-refractivity contribution >= 4 is 5.91 Å². The molecule has 1 fully saturated rings. The Morgan fingerprint density at radius 1 is 1.04 bits per heavy atom. The minimum Gasteiger partial charge on any atom is -0.348 e. The highest BCUT2D eigenvalue weighted by Crippen LogP contribution is 2.14. The molecule has 3 nitrogen and oxygen atoms in total. The van der Waals surface area contributed by atoms with Gasteiger partial charge in [0, 0.05) is 18.2 Å². The zero-order valence-corrected chi connectivity index (χ0v) is 13.4. The zero-order chi connectivity index (χ0) is 15.9. The molecule has 0 unspecified atom stereocenters. The van der Waals surface area contributed by atoms with E-state index in [1.807, 2.05) is 24.3 Å². The highest BCUT2D eigenvalue weighted by Gasteiger charge is 2.17. The molecule has 2 aromatic rings. The standard InChI is InChI=1S/C20H24N2O/c23-20(22-18-10-6-14-21-15-18)19-11-5-4-9-17(19)13-12-16-7-2-1-3-8-16/h1-5,7-9,11,18,21H,6,10,12-15H2,(H,22,23)/t18-/m0/s1. The second-order valence-corrected chi connectivity index (χ2v) is 6.16. The highest BCUT2D eigenvalue weighted by molar-refractivity contribution is 5.95. The van der Waals surface area contributed by atoms with E-state index < -0.39 is 0 Å². The Morgan fingerprint density at radius 3 is 2.61 bits per heavy atom. The molecule has 1 amide bonds. The summed E-state index contributed by atoms with van der Waals surface area (Å²) in [5, 5.41) is 6.51. The van der Waals surface area contributed by atoms with Crippen LogP contribution in [-0.4, -0.2) is 25.0 Å². The first-order valence-corrected chi connectivity index (χ1v) is 8.46. The maximum atomic E-state index is 12.6. The van der Waals surface area contributed by atoms with Gasteiger partial charge in [-0.05, 0) is 49.4 Å². The number of hydrogen-bond donors (Lipinski definition) is 2. The SMILES string of the molecule is O=C(N[C@H]1CCCNC1)c1ccccc1CCc1ccccc1. The van der Waals surface area contributed by atoms with Gasteiger partial charge in [0.25, 0.3) is 5.91 Å². The Morgan fingerprint density at radius 2 is 1.83 bits per heavy atom. The first kappa shape index (κ1) is 15.8. The number of benzene rings is 2. The molecule has 0 bridgehead atoms. The summed E-state index contributed by atoms with van der Waals surface area (Å²) in [6, 6.07) is 18.6. The first-order valence-electron chi connectivity index (χ1n) is 8.46. The second kappa shape index (κ2) is 7.93. The maximum absolute atomic E-state index is 12.6. The van der Waals surface area contributed by atoms with E-state index in [9.17, 15) is 4.79 Å². The summed E-state index contributed by atoms with van der Waals surface area (Å²) < 4.78 is 0. The van der Waals surface area contributed by atoms with Gasteiger partial charge >= 0.3 is 0 Å². The van der Waals surface area contributed by atoms with Gasteiger partial charge in [0.15, 0.2) is 0 Å². The number of piperidine rings is 1. The van der Waals surface area contributed by atoms with Crippen LogP contribution in [-0.2, 0) is 12.8 Å². The van der Waals surface area contributed by atoms with Crippen LogP contribution in [0.25, 0.3) is 0 Å². The summed E-state index contributed by atoms with van der Waals surface area (Å²) in [6.45, 7) is 1.93. The van der Waals surface area contributed by atoms with Crippen LogP contribution < -0.4 is 10.6 Å². The third-order valence-electron chi connectivity index (χ3n) is 4.42. The predicted molar refractivity (Wildman–Crippen MR) is 93.6 cm³/mol. The van der Waals surface area contributed by atoms with Gasteiger partial charge < -0.3 is 10.6 Å². The van der Waals surface area contributed by atoms with E-state index in [2.05, 4.69) is 41.0 Å². The fraction of sp³-hybridized carbons (Fsp3) is 0.350. The van der Waals surface area contributed by atoms with Crippen molar-refractivity contribution in [2.45, 2.75) is 31.7 Å². The lowest BCUT2D eigenvalue weighted by Gasteiger charge is -2.24. The lowest BCUT2D eigenvalue weighted by Crippen LogP contribution is -2.45. The van der Waals surface area contributed by atoms with Crippen LogP contribution in [0.15, 0.2) is 54.6 Å². The van der Waals surface area contributed by atoms with Crippen molar-refractivity contribution in [3.05, 3.63) is 71.3 Å². The number of nitrogens with one attached hydrogen (secondary N) is 2. The van der Waals surface area contributed by atoms with E-state index in [1.165, 1.54) is 5.56 Å². The van der Waals surface area contributed by atoms with Gasteiger partial charge in [0.1, 0.15) is 0 Å². The average molecular weight is 308 g/mol. The molecule has 1 aliphatic rings. The third kappa shape index (κ3) is 4.42. The second-order valence-electron chi connectivity index (χ2n) is 6.16. The van der Waals surface area contributed by atoms with Crippen LogP contribution in [0.3, 0.4) is 0 Å². The van der Waals surface area contributed by atoms with Crippen LogP contribution in [0.2, 0.25) is 0 Å². The number of aryl methyl sites for hydroxylation is 2. The highest BCUT2D eigenvalue weighted by atomic mass is 16.1. The summed E-state index contributed by atoms with van der Waals surface area (Å²) in [7, 11) is 0. The van der Waals surface area contributed by atoms with E-state index in [0.717, 1.165) is 49.9 Å². The minimum atomic E-state index is 0.0577. The normalized spacial score (nSPS) is 17.7. The molecule has 23 heavy (non-hydrogen) atoms. The maximum Gasteiger partial charge on any atom is 0.251 e. The van der Waals surface area contributed by atoms with E-state index in [1.54, 1.807) is 0 Å². The predicted octanol–water partition coefficient (Wildman–Crippen LogP) is 2.95. The zero-order valence-electron chi connectivity index (χ0n) is 13.4. The molecule has 2 N–H and O–H groups in total. The van der Waals surface area contributed by atoms with Gasteiger partial charge in [-0.25, -0.2) is 0 Å². The van der Waals surface area contributed by atoms with Crippen molar-refractivity contribution in [1.29, 1.82) is 0 Å². The Labute approximate surface area is 138 Å². The summed E-state index contributed by atoms with van der Waals surface area (Å²) in [5.41, 5.74) is 3.24.